The molecule has 0 fully saturated rings. The third kappa shape index (κ3) is 2.14. The predicted molar refractivity (Wildman–Crippen MR) is 112 cm³/mol. The van der Waals surface area contributed by atoms with Gasteiger partial charge in [0.1, 0.15) is 0 Å². The highest BCUT2D eigenvalue weighted by Gasteiger charge is 2.14. The van der Waals surface area contributed by atoms with Gasteiger partial charge in [0.15, 0.2) is 0 Å². The van der Waals surface area contributed by atoms with Crippen LogP contribution >= 0.6 is 11.3 Å². The Hall–Kier alpha value is -2.32. The number of nitrogens with zero attached hydrogens (tertiary/aromatic N) is 1. The van der Waals surface area contributed by atoms with E-state index in [-0.39, 0.29) is 0 Å². The van der Waals surface area contributed by atoms with Crippen LogP contribution in [0.5, 0.6) is 0 Å². The second-order valence-corrected chi connectivity index (χ2v) is 8.00. The zero-order chi connectivity index (χ0) is 17.0. The fourth-order valence-electron chi connectivity index (χ4n) is 4.07. The smallest absolute Gasteiger partial charge is 0.0670 e. The van der Waals surface area contributed by atoms with E-state index in [2.05, 4.69) is 73.1 Å². The molecular weight excluding hydrogens is 322 g/mol. The number of fused-ring (bicyclic) bond motifs is 7. The molecule has 124 valence electrons. The molecule has 0 saturated carbocycles. The SMILES string of the molecule is CCCCc1ccc2c(c1)c1ccc3c4ccccc4sc3c1n2C. The summed E-state index contributed by atoms with van der Waals surface area (Å²) in [6, 6.07) is 20.4. The van der Waals surface area contributed by atoms with E-state index in [4.69, 9.17) is 0 Å². The normalized spacial score (nSPS) is 12.1. The number of hydrogen-bond acceptors (Lipinski definition) is 1. The highest BCUT2D eigenvalue weighted by Crippen LogP contribution is 2.41. The van der Waals surface area contributed by atoms with Gasteiger partial charge < -0.3 is 4.57 Å². The van der Waals surface area contributed by atoms with Crippen molar-refractivity contribution in [1.82, 2.24) is 4.57 Å². The number of hydrogen-bond donors (Lipinski definition) is 0. The minimum absolute atomic E-state index is 1.17. The molecule has 0 aliphatic heterocycles. The van der Waals surface area contributed by atoms with Gasteiger partial charge in [0.25, 0.3) is 0 Å². The van der Waals surface area contributed by atoms with Gasteiger partial charge in [0.05, 0.1) is 10.2 Å². The minimum atomic E-state index is 1.17. The first-order valence-electron chi connectivity index (χ1n) is 9.09. The Morgan fingerprint density at radius 2 is 1.72 bits per heavy atom. The van der Waals surface area contributed by atoms with E-state index in [1.54, 1.807) is 0 Å². The van der Waals surface area contributed by atoms with E-state index < -0.39 is 0 Å². The number of aromatic nitrogens is 1. The predicted octanol–water partition coefficient (Wildman–Crippen LogP) is 7.04. The summed E-state index contributed by atoms with van der Waals surface area (Å²) in [7, 11) is 2.21. The standard InChI is InChI=1S/C23H21NS/c1-3-4-7-15-10-13-20-19(14-15)17-11-12-18-16-8-5-6-9-21(16)25-23(18)22(17)24(20)2/h5-6,8-14H,3-4,7H2,1-2H3. The summed E-state index contributed by atoms with van der Waals surface area (Å²) in [6.45, 7) is 2.26. The van der Waals surface area contributed by atoms with Crippen molar-refractivity contribution in [2.75, 3.05) is 0 Å². The molecule has 2 heteroatoms. The average molecular weight is 343 g/mol. The van der Waals surface area contributed by atoms with Gasteiger partial charge in [0, 0.05) is 38.8 Å². The summed E-state index contributed by atoms with van der Waals surface area (Å²) < 4.78 is 5.16. The quantitative estimate of drug-likeness (QED) is 0.331. The molecule has 2 heterocycles. The van der Waals surface area contributed by atoms with Crippen LogP contribution < -0.4 is 0 Å². The first kappa shape index (κ1) is 15.0. The Labute approximate surface area is 151 Å². The van der Waals surface area contributed by atoms with Gasteiger partial charge in [-0.3, -0.25) is 0 Å². The Morgan fingerprint density at radius 3 is 2.60 bits per heavy atom. The third-order valence-electron chi connectivity index (χ3n) is 5.39. The molecule has 1 nitrogen and oxygen atoms in total. The summed E-state index contributed by atoms with van der Waals surface area (Å²) in [6.07, 6.45) is 3.68. The lowest BCUT2D eigenvalue weighted by atomic mass is 10.0. The van der Waals surface area contributed by atoms with Crippen molar-refractivity contribution < 1.29 is 0 Å². The number of rotatable bonds is 3. The van der Waals surface area contributed by atoms with Crippen LogP contribution in [0, 0.1) is 0 Å². The van der Waals surface area contributed by atoms with Crippen LogP contribution in [-0.2, 0) is 13.5 Å². The van der Waals surface area contributed by atoms with Gasteiger partial charge in [0.2, 0.25) is 0 Å². The number of benzene rings is 3. The molecule has 25 heavy (non-hydrogen) atoms. The van der Waals surface area contributed by atoms with E-state index >= 15 is 0 Å². The lowest BCUT2D eigenvalue weighted by Gasteiger charge is -2.01. The number of thiophene rings is 1. The molecule has 5 rings (SSSR count). The van der Waals surface area contributed by atoms with E-state index in [9.17, 15) is 0 Å². The largest absolute Gasteiger partial charge is 0.342 e. The molecule has 0 unspecified atom stereocenters. The van der Waals surface area contributed by atoms with Crippen molar-refractivity contribution in [3.05, 3.63) is 60.2 Å². The first-order chi connectivity index (χ1) is 12.3. The molecule has 2 aromatic heterocycles. The molecule has 3 aromatic carbocycles. The highest BCUT2D eigenvalue weighted by molar-refractivity contribution is 7.26. The van der Waals surface area contributed by atoms with Gasteiger partial charge in [-0.1, -0.05) is 49.7 Å². The number of aryl methyl sites for hydroxylation is 2. The van der Waals surface area contributed by atoms with Crippen molar-refractivity contribution in [2.24, 2.45) is 7.05 Å². The molecule has 0 aliphatic rings. The monoisotopic (exact) mass is 343 g/mol. The topological polar surface area (TPSA) is 4.93 Å². The summed E-state index contributed by atoms with van der Waals surface area (Å²) in [4.78, 5) is 0. The zero-order valence-corrected chi connectivity index (χ0v) is 15.5. The van der Waals surface area contributed by atoms with Gasteiger partial charge in [-0.25, -0.2) is 0 Å². The zero-order valence-electron chi connectivity index (χ0n) is 14.7. The van der Waals surface area contributed by atoms with Gasteiger partial charge >= 0.3 is 0 Å². The van der Waals surface area contributed by atoms with E-state index in [0.717, 1.165) is 0 Å². The number of unbranched alkanes of at least 4 members (excludes halogenated alkanes) is 1. The maximum absolute atomic E-state index is 2.41. The highest BCUT2D eigenvalue weighted by atomic mass is 32.1. The molecule has 0 saturated heterocycles. The summed E-state index contributed by atoms with van der Waals surface area (Å²) in [5, 5.41) is 5.53. The van der Waals surface area contributed by atoms with Crippen LogP contribution in [0.25, 0.3) is 42.0 Å². The van der Waals surface area contributed by atoms with Crippen LogP contribution in [0.1, 0.15) is 25.3 Å². The summed E-state index contributed by atoms with van der Waals surface area (Å²) >= 11 is 1.92. The Kier molecular flexibility index (Phi) is 3.36. The van der Waals surface area contributed by atoms with Crippen molar-refractivity contribution in [3.8, 4) is 0 Å². The molecule has 0 radical (unpaired) electrons. The van der Waals surface area contributed by atoms with Gasteiger partial charge in [-0.15, -0.1) is 11.3 Å². The van der Waals surface area contributed by atoms with Crippen LogP contribution in [0.4, 0.5) is 0 Å². The van der Waals surface area contributed by atoms with Gasteiger partial charge in [-0.2, -0.15) is 0 Å². The Bertz CT molecular complexity index is 1240. The Balaban J connectivity index is 1.88. The minimum Gasteiger partial charge on any atom is -0.342 e. The molecule has 0 bridgehead atoms. The van der Waals surface area contributed by atoms with Crippen LogP contribution in [0.2, 0.25) is 0 Å². The fourth-order valence-corrected chi connectivity index (χ4v) is 5.36. The van der Waals surface area contributed by atoms with Crippen molar-refractivity contribution in [2.45, 2.75) is 26.2 Å². The maximum atomic E-state index is 2.41. The summed E-state index contributed by atoms with van der Waals surface area (Å²) in [5.41, 5.74) is 4.17. The summed E-state index contributed by atoms with van der Waals surface area (Å²) in [5.74, 6) is 0. The lowest BCUT2D eigenvalue weighted by molar-refractivity contribution is 0.796. The molecule has 0 N–H and O–H groups in total. The van der Waals surface area contributed by atoms with Crippen LogP contribution in [0.3, 0.4) is 0 Å². The average Bonchev–Trinajstić information content (AvgIpc) is 3.16. The molecular formula is C23H21NS. The second-order valence-electron chi connectivity index (χ2n) is 6.95. The van der Waals surface area contributed by atoms with E-state index in [1.807, 2.05) is 11.3 Å². The second kappa shape index (κ2) is 5.60. The molecule has 5 aromatic rings. The Morgan fingerprint density at radius 1 is 0.880 bits per heavy atom. The van der Waals surface area contributed by atoms with Crippen molar-refractivity contribution >= 4 is 53.3 Å². The fraction of sp³-hybridized carbons (Fsp3) is 0.217. The molecule has 0 amide bonds. The van der Waals surface area contributed by atoms with E-state index in [1.165, 1.54) is 66.8 Å². The third-order valence-corrected chi connectivity index (χ3v) is 6.58. The van der Waals surface area contributed by atoms with Gasteiger partial charge in [-0.05, 0) is 36.6 Å². The molecule has 0 spiro atoms. The lowest BCUT2D eigenvalue weighted by Crippen LogP contribution is -1.88. The van der Waals surface area contributed by atoms with Crippen LogP contribution in [-0.4, -0.2) is 4.57 Å². The van der Waals surface area contributed by atoms with E-state index in [0.29, 0.717) is 0 Å². The molecule has 0 atom stereocenters. The first-order valence-corrected chi connectivity index (χ1v) is 9.91. The van der Waals surface area contributed by atoms with Crippen molar-refractivity contribution in [1.29, 1.82) is 0 Å². The van der Waals surface area contributed by atoms with Crippen molar-refractivity contribution in [3.63, 3.8) is 0 Å². The van der Waals surface area contributed by atoms with Crippen LogP contribution in [0.15, 0.2) is 54.6 Å². The molecule has 0 aliphatic carbocycles. The maximum Gasteiger partial charge on any atom is 0.0670 e.